The number of hydrogen-bond acceptors (Lipinski definition) is 7. The minimum atomic E-state index is -3.71. The van der Waals surface area contributed by atoms with Crippen LogP contribution in [-0.4, -0.2) is 56.3 Å². The summed E-state index contributed by atoms with van der Waals surface area (Å²) in [5, 5.41) is 16.7. The Morgan fingerprint density at radius 2 is 1.68 bits per heavy atom. The molecule has 0 aromatic heterocycles. The number of benzene rings is 1. The van der Waals surface area contributed by atoms with Crippen LogP contribution in [0.3, 0.4) is 0 Å². The maximum absolute atomic E-state index is 13.2. The second-order valence-corrected chi connectivity index (χ2v) is 11.6. The fourth-order valence-corrected chi connectivity index (χ4v) is 4.55. The zero-order valence-electron chi connectivity index (χ0n) is 22.4. The lowest BCUT2D eigenvalue weighted by atomic mass is 9.99. The van der Waals surface area contributed by atoms with Gasteiger partial charge in [-0.2, -0.15) is 5.26 Å². The standard InChI is InChI=1S/C25H39N5O6S/c1-7-13-37(34,35)30-21(17(3)8-2)23(32)29-20(16-28-24(33)36-25(4,5)6)22(31)27-15-19-11-9-18(14-26)10-12-19/h9-12,17,20-21,30H,7-8,13,15-16H2,1-6H3,(H,27,31)(H,28,33)(H,29,32). The van der Waals surface area contributed by atoms with Gasteiger partial charge in [0.25, 0.3) is 0 Å². The first kappa shape index (κ1) is 31.9. The molecule has 0 saturated heterocycles. The molecule has 1 rings (SSSR count). The fourth-order valence-electron chi connectivity index (χ4n) is 3.16. The Morgan fingerprint density at radius 1 is 1.05 bits per heavy atom. The third kappa shape index (κ3) is 12.1. The van der Waals surface area contributed by atoms with E-state index in [4.69, 9.17) is 10.00 Å². The molecule has 1 aromatic rings. The molecule has 0 aliphatic rings. The zero-order valence-corrected chi connectivity index (χ0v) is 23.2. The minimum absolute atomic E-state index is 0.112. The molecule has 3 amide bonds. The van der Waals surface area contributed by atoms with Gasteiger partial charge in [0.05, 0.1) is 23.9 Å². The van der Waals surface area contributed by atoms with Crippen LogP contribution in [0.4, 0.5) is 4.79 Å². The molecule has 0 bridgehead atoms. The lowest BCUT2D eigenvalue weighted by molar-refractivity contribution is -0.130. The molecule has 4 N–H and O–H groups in total. The number of alkyl carbamates (subject to hydrolysis) is 1. The van der Waals surface area contributed by atoms with E-state index in [2.05, 4.69) is 20.7 Å². The van der Waals surface area contributed by atoms with Crippen LogP contribution in [0, 0.1) is 17.2 Å². The molecule has 37 heavy (non-hydrogen) atoms. The SMILES string of the molecule is CCCS(=O)(=O)NC(C(=O)NC(CNC(=O)OC(C)(C)C)C(=O)NCc1ccc(C#N)cc1)C(C)CC. The number of nitriles is 1. The third-order valence-electron chi connectivity index (χ3n) is 5.31. The highest BCUT2D eigenvalue weighted by molar-refractivity contribution is 7.89. The smallest absolute Gasteiger partial charge is 0.407 e. The molecule has 0 spiro atoms. The second-order valence-electron chi connectivity index (χ2n) is 9.77. The van der Waals surface area contributed by atoms with Crippen LogP contribution in [0.15, 0.2) is 24.3 Å². The Hall–Kier alpha value is -3.17. The van der Waals surface area contributed by atoms with E-state index in [1.165, 1.54) is 0 Å². The maximum atomic E-state index is 13.2. The Bertz CT molecular complexity index is 1060. The average Bonchev–Trinajstić information content (AvgIpc) is 2.82. The summed E-state index contributed by atoms with van der Waals surface area (Å²) in [7, 11) is -3.71. The van der Waals surface area contributed by atoms with Gasteiger partial charge in [-0.15, -0.1) is 0 Å². The summed E-state index contributed by atoms with van der Waals surface area (Å²) in [5.74, 6) is -1.76. The van der Waals surface area contributed by atoms with Gasteiger partial charge in [-0.05, 0) is 50.8 Å². The van der Waals surface area contributed by atoms with Crippen molar-refractivity contribution in [1.82, 2.24) is 20.7 Å². The highest BCUT2D eigenvalue weighted by Gasteiger charge is 2.32. The van der Waals surface area contributed by atoms with Crippen LogP contribution >= 0.6 is 0 Å². The van der Waals surface area contributed by atoms with Crippen molar-refractivity contribution < 1.29 is 27.5 Å². The van der Waals surface area contributed by atoms with Crippen molar-refractivity contribution in [2.75, 3.05) is 12.3 Å². The normalized spacial score (nSPS) is 14.0. The first-order chi connectivity index (χ1) is 17.2. The molecule has 0 radical (unpaired) electrons. The first-order valence-electron chi connectivity index (χ1n) is 12.2. The van der Waals surface area contributed by atoms with Crippen molar-refractivity contribution in [3.63, 3.8) is 0 Å². The number of ether oxygens (including phenoxy) is 1. The van der Waals surface area contributed by atoms with E-state index in [0.717, 1.165) is 5.56 Å². The van der Waals surface area contributed by atoms with E-state index < -0.39 is 45.6 Å². The van der Waals surface area contributed by atoms with Crippen LogP contribution in [-0.2, 0) is 30.9 Å². The largest absolute Gasteiger partial charge is 0.444 e. The summed E-state index contributed by atoms with van der Waals surface area (Å²) in [4.78, 5) is 38.3. The van der Waals surface area contributed by atoms with E-state index in [-0.39, 0.29) is 24.8 Å². The molecule has 206 valence electrons. The number of rotatable bonds is 13. The Labute approximate surface area is 219 Å². The fraction of sp³-hybridized carbons (Fsp3) is 0.600. The average molecular weight is 538 g/mol. The predicted molar refractivity (Wildman–Crippen MR) is 140 cm³/mol. The van der Waals surface area contributed by atoms with Crippen molar-refractivity contribution in [2.24, 2.45) is 5.92 Å². The van der Waals surface area contributed by atoms with Gasteiger partial charge in [0.2, 0.25) is 21.8 Å². The minimum Gasteiger partial charge on any atom is -0.444 e. The molecule has 3 atom stereocenters. The van der Waals surface area contributed by atoms with Gasteiger partial charge in [0.1, 0.15) is 17.7 Å². The Kier molecular flexibility index (Phi) is 12.5. The molecule has 0 heterocycles. The number of amides is 3. The zero-order chi connectivity index (χ0) is 28.2. The van der Waals surface area contributed by atoms with Crippen LogP contribution in [0.25, 0.3) is 0 Å². The number of carbonyl (C=O) groups excluding carboxylic acids is 3. The number of nitrogens with zero attached hydrogens (tertiary/aromatic N) is 1. The molecule has 3 unspecified atom stereocenters. The monoisotopic (exact) mass is 537 g/mol. The molecule has 12 heteroatoms. The van der Waals surface area contributed by atoms with Crippen molar-refractivity contribution >= 4 is 27.9 Å². The van der Waals surface area contributed by atoms with Gasteiger partial charge in [0.15, 0.2) is 0 Å². The van der Waals surface area contributed by atoms with Gasteiger partial charge >= 0.3 is 6.09 Å². The van der Waals surface area contributed by atoms with E-state index in [1.807, 2.05) is 13.0 Å². The summed E-state index contributed by atoms with van der Waals surface area (Å²) in [5.41, 5.74) is 0.436. The van der Waals surface area contributed by atoms with Crippen molar-refractivity contribution in [2.45, 2.75) is 78.6 Å². The summed E-state index contributed by atoms with van der Waals surface area (Å²) in [6.07, 6.45) is 0.122. The summed E-state index contributed by atoms with van der Waals surface area (Å²) in [6, 6.07) is 6.31. The summed E-state index contributed by atoms with van der Waals surface area (Å²) < 4.78 is 32.4. The maximum Gasteiger partial charge on any atom is 0.407 e. The van der Waals surface area contributed by atoms with E-state index in [1.54, 1.807) is 58.9 Å². The molecule has 0 aliphatic carbocycles. The van der Waals surface area contributed by atoms with Crippen molar-refractivity contribution in [3.8, 4) is 6.07 Å². The Balaban J connectivity index is 3.05. The van der Waals surface area contributed by atoms with Crippen molar-refractivity contribution in [1.29, 1.82) is 5.26 Å². The predicted octanol–water partition coefficient (Wildman–Crippen LogP) is 1.93. The van der Waals surface area contributed by atoms with Crippen LogP contribution < -0.4 is 20.7 Å². The topological polar surface area (TPSA) is 166 Å². The molecule has 1 aromatic carbocycles. The third-order valence-corrected chi connectivity index (χ3v) is 6.87. The highest BCUT2D eigenvalue weighted by atomic mass is 32.2. The number of nitrogens with one attached hydrogen (secondary N) is 4. The van der Waals surface area contributed by atoms with Crippen molar-refractivity contribution in [3.05, 3.63) is 35.4 Å². The number of hydrogen-bond donors (Lipinski definition) is 4. The van der Waals surface area contributed by atoms with Gasteiger partial charge in [0, 0.05) is 6.54 Å². The van der Waals surface area contributed by atoms with Gasteiger partial charge in [-0.1, -0.05) is 39.3 Å². The van der Waals surface area contributed by atoms with Gasteiger partial charge < -0.3 is 20.7 Å². The molecular weight excluding hydrogens is 498 g/mol. The summed E-state index contributed by atoms with van der Waals surface area (Å²) in [6.45, 7) is 10.2. The lowest BCUT2D eigenvalue weighted by Crippen LogP contribution is -2.58. The van der Waals surface area contributed by atoms with Gasteiger partial charge in [-0.3, -0.25) is 9.59 Å². The summed E-state index contributed by atoms with van der Waals surface area (Å²) >= 11 is 0. The van der Waals surface area contributed by atoms with Crippen LogP contribution in [0.2, 0.25) is 0 Å². The number of carbonyl (C=O) groups is 3. The molecule has 0 saturated carbocycles. The van der Waals surface area contributed by atoms with E-state index in [9.17, 15) is 22.8 Å². The molecule has 11 nitrogen and oxygen atoms in total. The highest BCUT2D eigenvalue weighted by Crippen LogP contribution is 2.11. The lowest BCUT2D eigenvalue weighted by Gasteiger charge is -2.27. The van der Waals surface area contributed by atoms with Crippen LogP contribution in [0.5, 0.6) is 0 Å². The molecule has 0 fully saturated rings. The van der Waals surface area contributed by atoms with Gasteiger partial charge in [-0.25, -0.2) is 17.9 Å². The number of sulfonamides is 1. The van der Waals surface area contributed by atoms with E-state index >= 15 is 0 Å². The quantitative estimate of drug-likeness (QED) is 0.298. The first-order valence-corrected chi connectivity index (χ1v) is 13.9. The van der Waals surface area contributed by atoms with Crippen LogP contribution in [0.1, 0.15) is 65.5 Å². The van der Waals surface area contributed by atoms with E-state index in [0.29, 0.717) is 18.4 Å². The molecule has 0 aliphatic heterocycles. The molecular formula is C25H39N5O6S. The Morgan fingerprint density at radius 3 is 2.19 bits per heavy atom. The second kappa shape index (κ2) is 14.5.